The molecule has 1 aromatic heterocycles. The molecule has 0 aliphatic heterocycles. The summed E-state index contributed by atoms with van der Waals surface area (Å²) in [6, 6.07) is 18.3. The molecule has 3 nitrogen and oxygen atoms in total. The van der Waals surface area contributed by atoms with Crippen molar-refractivity contribution in [2.45, 2.75) is 33.6 Å². The van der Waals surface area contributed by atoms with Crippen molar-refractivity contribution >= 4 is 10.9 Å². The summed E-state index contributed by atoms with van der Waals surface area (Å²) in [4.78, 5) is 4.82. The predicted octanol–water partition coefficient (Wildman–Crippen LogP) is 6.12. The lowest BCUT2D eigenvalue weighted by molar-refractivity contribution is 0.292. The fraction of sp³-hybridized carbons (Fsp3) is 0.348. The van der Waals surface area contributed by atoms with Gasteiger partial charge in [0.15, 0.2) is 0 Å². The summed E-state index contributed by atoms with van der Waals surface area (Å²) in [5.74, 6) is 2.42. The number of benzene rings is 2. The maximum Gasteiger partial charge on any atom is 0.130 e. The summed E-state index contributed by atoms with van der Waals surface area (Å²) < 4.78 is 11.8. The molecule has 0 amide bonds. The summed E-state index contributed by atoms with van der Waals surface area (Å²) in [6.07, 6.45) is 2.04. The van der Waals surface area contributed by atoms with E-state index in [0.717, 1.165) is 59.7 Å². The monoisotopic (exact) mass is 349 g/mol. The van der Waals surface area contributed by atoms with Gasteiger partial charge in [-0.15, -0.1) is 0 Å². The summed E-state index contributed by atoms with van der Waals surface area (Å²) in [5, 5.41) is 1.06. The van der Waals surface area contributed by atoms with Crippen molar-refractivity contribution in [2.75, 3.05) is 13.2 Å². The predicted molar refractivity (Wildman–Crippen MR) is 108 cm³/mol. The second kappa shape index (κ2) is 8.70. The molecule has 2 aromatic carbocycles. The average molecular weight is 349 g/mol. The lowest BCUT2D eigenvalue weighted by atomic mass is 10.1. The zero-order valence-electron chi connectivity index (χ0n) is 15.9. The highest BCUT2D eigenvalue weighted by atomic mass is 16.5. The first-order valence-corrected chi connectivity index (χ1v) is 9.43. The van der Waals surface area contributed by atoms with Crippen LogP contribution in [0.5, 0.6) is 11.5 Å². The third-order valence-electron chi connectivity index (χ3n) is 4.25. The van der Waals surface area contributed by atoms with Crippen molar-refractivity contribution in [1.29, 1.82) is 0 Å². The Morgan fingerprint density at radius 2 is 1.69 bits per heavy atom. The van der Waals surface area contributed by atoms with E-state index < -0.39 is 0 Å². The van der Waals surface area contributed by atoms with Crippen LogP contribution in [0, 0.1) is 5.92 Å². The van der Waals surface area contributed by atoms with E-state index in [4.69, 9.17) is 14.5 Å². The fourth-order valence-electron chi connectivity index (χ4n) is 2.76. The molecule has 26 heavy (non-hydrogen) atoms. The Kier molecular flexibility index (Phi) is 6.11. The van der Waals surface area contributed by atoms with Gasteiger partial charge in [-0.2, -0.15) is 0 Å². The standard InChI is InChI=1S/C23H27NO2/c1-4-14-25-19-11-9-18(10-12-19)22-16-23(26-15-13-17(2)3)20-7-5-6-8-21(20)24-22/h5-12,16-17H,4,13-15H2,1-3H3. The molecule has 0 atom stereocenters. The van der Waals surface area contributed by atoms with Crippen LogP contribution >= 0.6 is 0 Å². The molecule has 3 rings (SSSR count). The van der Waals surface area contributed by atoms with Gasteiger partial charge in [0.05, 0.1) is 24.4 Å². The number of hydrogen-bond donors (Lipinski definition) is 0. The zero-order valence-corrected chi connectivity index (χ0v) is 15.9. The quantitative estimate of drug-likeness (QED) is 0.491. The molecule has 0 bridgehead atoms. The van der Waals surface area contributed by atoms with Gasteiger partial charge in [0, 0.05) is 17.0 Å². The lowest BCUT2D eigenvalue weighted by Crippen LogP contribution is -2.02. The van der Waals surface area contributed by atoms with Crippen LogP contribution in [-0.2, 0) is 0 Å². The van der Waals surface area contributed by atoms with Crippen molar-refractivity contribution in [3.05, 3.63) is 54.6 Å². The smallest absolute Gasteiger partial charge is 0.130 e. The van der Waals surface area contributed by atoms with E-state index in [2.05, 4.69) is 39.0 Å². The van der Waals surface area contributed by atoms with Gasteiger partial charge in [0.25, 0.3) is 0 Å². The lowest BCUT2D eigenvalue weighted by Gasteiger charge is -2.13. The molecule has 0 unspecified atom stereocenters. The minimum atomic E-state index is 0.623. The Labute approximate surface area is 156 Å². The maximum atomic E-state index is 6.10. The van der Waals surface area contributed by atoms with Crippen molar-refractivity contribution in [3.63, 3.8) is 0 Å². The summed E-state index contributed by atoms with van der Waals surface area (Å²) >= 11 is 0. The number of para-hydroxylation sites is 1. The van der Waals surface area contributed by atoms with Gasteiger partial charge in [0.1, 0.15) is 11.5 Å². The largest absolute Gasteiger partial charge is 0.494 e. The Balaban J connectivity index is 1.90. The van der Waals surface area contributed by atoms with Crippen LogP contribution in [0.4, 0.5) is 0 Å². The van der Waals surface area contributed by atoms with Gasteiger partial charge in [-0.3, -0.25) is 0 Å². The van der Waals surface area contributed by atoms with Crippen molar-refractivity contribution in [3.8, 4) is 22.8 Å². The van der Waals surface area contributed by atoms with Crippen molar-refractivity contribution in [1.82, 2.24) is 4.98 Å². The maximum absolute atomic E-state index is 6.10. The van der Waals surface area contributed by atoms with Gasteiger partial charge >= 0.3 is 0 Å². The highest BCUT2D eigenvalue weighted by Crippen LogP contribution is 2.31. The first-order valence-electron chi connectivity index (χ1n) is 9.43. The number of nitrogens with zero attached hydrogens (tertiary/aromatic N) is 1. The number of aromatic nitrogens is 1. The Bertz CT molecular complexity index is 840. The molecule has 0 radical (unpaired) electrons. The molecule has 0 fully saturated rings. The molecule has 1 heterocycles. The second-order valence-corrected chi connectivity index (χ2v) is 6.93. The van der Waals surface area contributed by atoms with E-state index >= 15 is 0 Å². The van der Waals surface area contributed by atoms with Gasteiger partial charge in [-0.05, 0) is 55.2 Å². The van der Waals surface area contributed by atoms with E-state index in [1.807, 2.05) is 36.4 Å². The summed E-state index contributed by atoms with van der Waals surface area (Å²) in [7, 11) is 0. The van der Waals surface area contributed by atoms with Gasteiger partial charge in [-0.1, -0.05) is 32.9 Å². The molecular weight excluding hydrogens is 322 g/mol. The minimum absolute atomic E-state index is 0.623. The number of ether oxygens (including phenoxy) is 2. The van der Waals surface area contributed by atoms with E-state index in [9.17, 15) is 0 Å². The Morgan fingerprint density at radius 1 is 0.923 bits per heavy atom. The molecular formula is C23H27NO2. The van der Waals surface area contributed by atoms with E-state index in [0.29, 0.717) is 5.92 Å². The van der Waals surface area contributed by atoms with Gasteiger partial charge in [0.2, 0.25) is 0 Å². The van der Waals surface area contributed by atoms with Gasteiger partial charge in [-0.25, -0.2) is 4.98 Å². The molecule has 0 saturated heterocycles. The van der Waals surface area contributed by atoms with Crippen LogP contribution in [0.3, 0.4) is 0 Å². The molecule has 3 aromatic rings. The normalized spacial score (nSPS) is 11.1. The highest BCUT2D eigenvalue weighted by Gasteiger charge is 2.09. The van der Waals surface area contributed by atoms with Crippen LogP contribution in [0.15, 0.2) is 54.6 Å². The number of fused-ring (bicyclic) bond motifs is 1. The van der Waals surface area contributed by atoms with Crippen molar-refractivity contribution < 1.29 is 9.47 Å². The highest BCUT2D eigenvalue weighted by molar-refractivity contribution is 5.87. The zero-order chi connectivity index (χ0) is 18.4. The summed E-state index contributed by atoms with van der Waals surface area (Å²) in [5.41, 5.74) is 2.94. The Morgan fingerprint density at radius 3 is 2.42 bits per heavy atom. The summed E-state index contributed by atoms with van der Waals surface area (Å²) in [6.45, 7) is 7.98. The number of hydrogen-bond acceptors (Lipinski definition) is 3. The Hall–Kier alpha value is -2.55. The van der Waals surface area contributed by atoms with Crippen LogP contribution in [0.2, 0.25) is 0 Å². The molecule has 0 saturated carbocycles. The SMILES string of the molecule is CCCOc1ccc(-c2cc(OCCC(C)C)c3ccccc3n2)cc1. The number of pyridine rings is 1. The molecule has 0 aliphatic carbocycles. The van der Waals surface area contributed by atoms with Crippen molar-refractivity contribution in [2.24, 2.45) is 5.92 Å². The topological polar surface area (TPSA) is 31.4 Å². The van der Waals surface area contributed by atoms with E-state index in [-0.39, 0.29) is 0 Å². The third-order valence-corrected chi connectivity index (χ3v) is 4.25. The second-order valence-electron chi connectivity index (χ2n) is 6.93. The van der Waals surface area contributed by atoms with E-state index in [1.165, 1.54) is 0 Å². The van der Waals surface area contributed by atoms with Crippen LogP contribution < -0.4 is 9.47 Å². The molecule has 3 heteroatoms. The van der Waals surface area contributed by atoms with Gasteiger partial charge < -0.3 is 9.47 Å². The third kappa shape index (κ3) is 4.54. The van der Waals surface area contributed by atoms with Crippen LogP contribution in [-0.4, -0.2) is 18.2 Å². The first kappa shape index (κ1) is 18.2. The fourth-order valence-corrected chi connectivity index (χ4v) is 2.76. The number of rotatable bonds is 8. The van der Waals surface area contributed by atoms with E-state index in [1.54, 1.807) is 0 Å². The average Bonchev–Trinajstić information content (AvgIpc) is 2.66. The van der Waals surface area contributed by atoms with Crippen LogP contribution in [0.1, 0.15) is 33.6 Å². The molecule has 0 aliphatic rings. The first-order chi connectivity index (χ1) is 12.7. The molecule has 136 valence electrons. The minimum Gasteiger partial charge on any atom is -0.494 e. The molecule has 0 spiro atoms. The van der Waals surface area contributed by atoms with Crippen LogP contribution in [0.25, 0.3) is 22.2 Å². The molecule has 0 N–H and O–H groups in total.